The minimum absolute atomic E-state index is 0.0923. The van der Waals surface area contributed by atoms with Gasteiger partial charge in [0.1, 0.15) is 0 Å². The standard InChI is InChI=1S/C8H17NO2/c10-6-3-8(11)7-9-4-1-2-5-9/h8,10-11H,1-7H2. The van der Waals surface area contributed by atoms with Crippen LogP contribution in [0, 0.1) is 0 Å². The Balaban J connectivity index is 2.08. The van der Waals surface area contributed by atoms with E-state index in [1.807, 2.05) is 0 Å². The average Bonchev–Trinajstić information content (AvgIpc) is 2.40. The highest BCUT2D eigenvalue weighted by Gasteiger charge is 2.14. The minimum atomic E-state index is -0.335. The van der Waals surface area contributed by atoms with Gasteiger partial charge in [-0.1, -0.05) is 0 Å². The van der Waals surface area contributed by atoms with Crippen LogP contribution < -0.4 is 0 Å². The van der Waals surface area contributed by atoms with Crippen molar-refractivity contribution in [1.29, 1.82) is 0 Å². The molecule has 1 saturated heterocycles. The maximum absolute atomic E-state index is 9.31. The van der Waals surface area contributed by atoms with Crippen molar-refractivity contribution in [2.24, 2.45) is 0 Å². The molecule has 1 unspecified atom stereocenters. The summed E-state index contributed by atoms with van der Waals surface area (Å²) in [5.41, 5.74) is 0. The van der Waals surface area contributed by atoms with Gasteiger partial charge in [0.2, 0.25) is 0 Å². The van der Waals surface area contributed by atoms with Crippen LogP contribution in [-0.4, -0.2) is 47.5 Å². The largest absolute Gasteiger partial charge is 0.396 e. The number of likely N-dealkylation sites (tertiary alicyclic amines) is 1. The van der Waals surface area contributed by atoms with Crippen molar-refractivity contribution in [3.8, 4) is 0 Å². The first kappa shape index (κ1) is 8.97. The van der Waals surface area contributed by atoms with Gasteiger partial charge in [-0.15, -0.1) is 0 Å². The summed E-state index contributed by atoms with van der Waals surface area (Å²) >= 11 is 0. The van der Waals surface area contributed by atoms with Gasteiger partial charge in [0.15, 0.2) is 0 Å². The molecule has 11 heavy (non-hydrogen) atoms. The third kappa shape index (κ3) is 3.18. The summed E-state index contributed by atoms with van der Waals surface area (Å²) in [4.78, 5) is 2.25. The summed E-state index contributed by atoms with van der Waals surface area (Å²) in [5.74, 6) is 0. The molecule has 1 aliphatic heterocycles. The van der Waals surface area contributed by atoms with Gasteiger partial charge in [0, 0.05) is 13.2 Å². The molecule has 0 bridgehead atoms. The Labute approximate surface area is 67.6 Å². The first-order chi connectivity index (χ1) is 5.33. The van der Waals surface area contributed by atoms with Crippen LogP contribution in [0.4, 0.5) is 0 Å². The molecule has 0 aromatic rings. The highest BCUT2D eigenvalue weighted by molar-refractivity contribution is 4.69. The van der Waals surface area contributed by atoms with E-state index in [4.69, 9.17) is 5.11 Å². The van der Waals surface area contributed by atoms with Crippen LogP contribution in [0.1, 0.15) is 19.3 Å². The van der Waals surface area contributed by atoms with E-state index in [0.29, 0.717) is 6.42 Å². The number of rotatable bonds is 4. The van der Waals surface area contributed by atoms with Gasteiger partial charge in [-0.25, -0.2) is 0 Å². The fraction of sp³-hybridized carbons (Fsp3) is 1.00. The van der Waals surface area contributed by atoms with E-state index in [2.05, 4.69) is 4.90 Å². The van der Waals surface area contributed by atoms with Crippen LogP contribution in [0.5, 0.6) is 0 Å². The van der Waals surface area contributed by atoms with E-state index >= 15 is 0 Å². The van der Waals surface area contributed by atoms with Crippen LogP contribution in [-0.2, 0) is 0 Å². The molecule has 0 aromatic carbocycles. The summed E-state index contributed by atoms with van der Waals surface area (Å²) in [6.45, 7) is 3.06. The topological polar surface area (TPSA) is 43.7 Å². The smallest absolute Gasteiger partial charge is 0.0688 e. The third-order valence-electron chi connectivity index (χ3n) is 2.13. The lowest BCUT2D eigenvalue weighted by Gasteiger charge is -2.18. The van der Waals surface area contributed by atoms with Crippen molar-refractivity contribution in [2.75, 3.05) is 26.2 Å². The molecular formula is C8H17NO2. The molecule has 1 rings (SSSR count). The van der Waals surface area contributed by atoms with Crippen molar-refractivity contribution in [3.05, 3.63) is 0 Å². The number of hydrogen-bond acceptors (Lipinski definition) is 3. The van der Waals surface area contributed by atoms with Gasteiger partial charge < -0.3 is 15.1 Å². The molecule has 0 amide bonds. The zero-order valence-electron chi connectivity index (χ0n) is 6.87. The molecule has 3 nitrogen and oxygen atoms in total. The fourth-order valence-electron chi connectivity index (χ4n) is 1.50. The van der Waals surface area contributed by atoms with Gasteiger partial charge >= 0.3 is 0 Å². The Bertz CT molecular complexity index is 102. The lowest BCUT2D eigenvalue weighted by atomic mass is 10.2. The van der Waals surface area contributed by atoms with Crippen molar-refractivity contribution in [2.45, 2.75) is 25.4 Å². The lowest BCUT2D eigenvalue weighted by molar-refractivity contribution is 0.0967. The Morgan fingerprint density at radius 1 is 1.27 bits per heavy atom. The predicted octanol–water partition coefficient (Wildman–Crippen LogP) is -0.175. The SMILES string of the molecule is OCCC(O)CN1CCCC1. The summed E-state index contributed by atoms with van der Waals surface area (Å²) in [7, 11) is 0. The zero-order chi connectivity index (χ0) is 8.10. The van der Waals surface area contributed by atoms with Crippen molar-refractivity contribution in [1.82, 2.24) is 4.90 Å². The zero-order valence-corrected chi connectivity index (χ0v) is 6.87. The maximum atomic E-state index is 9.31. The molecule has 0 aromatic heterocycles. The first-order valence-corrected chi connectivity index (χ1v) is 4.34. The molecule has 0 saturated carbocycles. The molecule has 1 heterocycles. The Kier molecular flexibility index (Phi) is 3.83. The number of aliphatic hydroxyl groups is 2. The van der Waals surface area contributed by atoms with Gasteiger partial charge in [-0.3, -0.25) is 0 Å². The fourth-order valence-corrected chi connectivity index (χ4v) is 1.50. The predicted molar refractivity (Wildman–Crippen MR) is 43.4 cm³/mol. The summed E-state index contributed by atoms with van der Waals surface area (Å²) in [6.07, 6.45) is 2.69. The Hall–Kier alpha value is -0.120. The minimum Gasteiger partial charge on any atom is -0.396 e. The molecular weight excluding hydrogens is 142 g/mol. The van der Waals surface area contributed by atoms with E-state index in [0.717, 1.165) is 19.6 Å². The van der Waals surface area contributed by atoms with Gasteiger partial charge in [-0.2, -0.15) is 0 Å². The van der Waals surface area contributed by atoms with Gasteiger partial charge in [0.25, 0.3) is 0 Å². The van der Waals surface area contributed by atoms with Gasteiger partial charge in [-0.05, 0) is 32.4 Å². The molecule has 0 radical (unpaired) electrons. The van der Waals surface area contributed by atoms with E-state index in [1.54, 1.807) is 0 Å². The second-order valence-electron chi connectivity index (χ2n) is 3.17. The average molecular weight is 159 g/mol. The van der Waals surface area contributed by atoms with Crippen LogP contribution in [0.3, 0.4) is 0 Å². The maximum Gasteiger partial charge on any atom is 0.0688 e. The van der Waals surface area contributed by atoms with E-state index < -0.39 is 0 Å². The number of nitrogens with zero attached hydrogens (tertiary/aromatic N) is 1. The molecule has 66 valence electrons. The first-order valence-electron chi connectivity index (χ1n) is 4.34. The second kappa shape index (κ2) is 4.70. The Morgan fingerprint density at radius 3 is 2.45 bits per heavy atom. The number of hydrogen-bond donors (Lipinski definition) is 2. The second-order valence-corrected chi connectivity index (χ2v) is 3.17. The summed E-state index contributed by atoms with van der Waals surface area (Å²) < 4.78 is 0. The molecule has 1 atom stereocenters. The summed E-state index contributed by atoms with van der Waals surface area (Å²) in [6, 6.07) is 0. The number of β-amino-alcohol motifs (C(OH)–C–C–N with tert-alkyl or cyclic N) is 1. The van der Waals surface area contributed by atoms with Crippen LogP contribution in [0.2, 0.25) is 0 Å². The van der Waals surface area contributed by atoms with Crippen molar-refractivity contribution in [3.63, 3.8) is 0 Å². The van der Waals surface area contributed by atoms with Crippen LogP contribution in [0.25, 0.3) is 0 Å². The van der Waals surface area contributed by atoms with Crippen LogP contribution >= 0.6 is 0 Å². The molecule has 1 fully saturated rings. The van der Waals surface area contributed by atoms with Crippen molar-refractivity contribution >= 4 is 0 Å². The van der Waals surface area contributed by atoms with E-state index in [1.165, 1.54) is 12.8 Å². The highest BCUT2D eigenvalue weighted by Crippen LogP contribution is 2.08. The Morgan fingerprint density at radius 2 is 1.91 bits per heavy atom. The molecule has 0 aliphatic carbocycles. The van der Waals surface area contributed by atoms with E-state index in [9.17, 15) is 5.11 Å². The van der Waals surface area contributed by atoms with Crippen LogP contribution in [0.15, 0.2) is 0 Å². The number of aliphatic hydroxyl groups excluding tert-OH is 2. The van der Waals surface area contributed by atoms with Crippen molar-refractivity contribution < 1.29 is 10.2 Å². The highest BCUT2D eigenvalue weighted by atomic mass is 16.3. The third-order valence-corrected chi connectivity index (χ3v) is 2.13. The molecule has 1 aliphatic rings. The normalized spacial score (nSPS) is 22.4. The molecule has 2 N–H and O–H groups in total. The van der Waals surface area contributed by atoms with E-state index in [-0.39, 0.29) is 12.7 Å². The van der Waals surface area contributed by atoms with Gasteiger partial charge in [0.05, 0.1) is 6.10 Å². The lowest BCUT2D eigenvalue weighted by Crippen LogP contribution is -2.30. The molecule has 0 spiro atoms. The quantitative estimate of drug-likeness (QED) is 0.598. The monoisotopic (exact) mass is 159 g/mol. The summed E-state index contributed by atoms with van der Waals surface area (Å²) in [5, 5.41) is 17.8. The molecule has 3 heteroatoms.